The molecule has 1 N–H and O–H groups in total. The van der Waals surface area contributed by atoms with Gasteiger partial charge in [-0.3, -0.25) is 0 Å². The molecule has 0 radical (unpaired) electrons. The minimum atomic E-state index is -0.675. The molecule has 0 saturated carbocycles. The average molecular weight is 264 g/mol. The predicted octanol–water partition coefficient (Wildman–Crippen LogP) is 3.23. The number of hydrogen-bond donors (Lipinski definition) is 1. The van der Waals surface area contributed by atoms with E-state index in [9.17, 15) is 9.18 Å². The first-order valence-corrected chi connectivity index (χ1v) is 4.95. The van der Waals surface area contributed by atoms with E-state index >= 15 is 0 Å². The summed E-state index contributed by atoms with van der Waals surface area (Å²) < 4.78 is 17.4. The Hall–Kier alpha value is -1.26. The predicted molar refractivity (Wildman–Crippen MR) is 61.2 cm³/mol. The second-order valence-corrected chi connectivity index (χ2v) is 3.57. The largest absolute Gasteiger partial charge is 0.466 e. The lowest BCUT2D eigenvalue weighted by molar-refractivity contribution is -0.134. The summed E-state index contributed by atoms with van der Waals surface area (Å²) in [7, 11) is 1.26. The zero-order chi connectivity index (χ0) is 12.1. The zero-order valence-corrected chi connectivity index (χ0v) is 9.77. The molecule has 86 valence electrons. The van der Waals surface area contributed by atoms with Crippen LogP contribution in [0.3, 0.4) is 0 Å². The molecule has 0 saturated heterocycles. The summed E-state index contributed by atoms with van der Waals surface area (Å²) in [6.45, 7) is 0. The van der Waals surface area contributed by atoms with Crippen molar-refractivity contribution in [2.45, 2.75) is 0 Å². The molecule has 16 heavy (non-hydrogen) atoms. The molecule has 0 heterocycles. The van der Waals surface area contributed by atoms with Gasteiger partial charge < -0.3 is 10.1 Å². The van der Waals surface area contributed by atoms with E-state index in [0.717, 1.165) is 0 Å². The Bertz CT molecular complexity index is 412. The van der Waals surface area contributed by atoms with Gasteiger partial charge in [-0.2, -0.15) is 0 Å². The second-order valence-electron chi connectivity index (χ2n) is 2.75. The van der Waals surface area contributed by atoms with Crippen LogP contribution in [0.4, 0.5) is 10.1 Å². The van der Waals surface area contributed by atoms with Gasteiger partial charge in [-0.15, -0.1) is 0 Å². The number of benzene rings is 1. The molecular weight excluding hydrogens is 256 g/mol. The van der Waals surface area contributed by atoms with Crippen LogP contribution >= 0.6 is 23.2 Å². The maximum absolute atomic E-state index is 13.0. The molecule has 0 bridgehead atoms. The van der Waals surface area contributed by atoms with Crippen LogP contribution in [-0.2, 0) is 9.53 Å². The highest BCUT2D eigenvalue weighted by Crippen LogP contribution is 2.27. The van der Waals surface area contributed by atoms with Crippen LogP contribution in [-0.4, -0.2) is 13.1 Å². The first kappa shape index (κ1) is 12.8. The van der Waals surface area contributed by atoms with Crippen molar-refractivity contribution in [3.8, 4) is 0 Å². The number of halogens is 3. The molecule has 0 aliphatic heterocycles. The Morgan fingerprint density at radius 2 is 2.00 bits per heavy atom. The highest BCUT2D eigenvalue weighted by molar-refractivity contribution is 6.35. The fourth-order valence-electron chi connectivity index (χ4n) is 0.913. The van der Waals surface area contributed by atoms with Gasteiger partial charge in [0.25, 0.3) is 0 Å². The average Bonchev–Trinajstić information content (AvgIpc) is 2.25. The van der Waals surface area contributed by atoms with Gasteiger partial charge in [0.15, 0.2) is 5.82 Å². The Morgan fingerprint density at radius 1 is 1.44 bits per heavy atom. The van der Waals surface area contributed by atoms with Gasteiger partial charge in [-0.05, 0) is 12.1 Å². The van der Waals surface area contributed by atoms with Crippen molar-refractivity contribution in [2.24, 2.45) is 0 Å². The lowest BCUT2D eigenvalue weighted by Gasteiger charge is -2.03. The molecule has 1 rings (SSSR count). The molecule has 6 heteroatoms. The van der Waals surface area contributed by atoms with Crippen molar-refractivity contribution in [1.82, 2.24) is 0 Å². The maximum Gasteiger partial charge on any atom is 0.331 e. The molecule has 0 aromatic heterocycles. The Balaban J connectivity index is 2.76. The molecule has 0 unspecified atom stereocenters. The van der Waals surface area contributed by atoms with Crippen LogP contribution in [0.1, 0.15) is 0 Å². The van der Waals surface area contributed by atoms with E-state index in [1.807, 2.05) is 0 Å². The third-order valence-electron chi connectivity index (χ3n) is 1.65. The number of nitrogens with one attached hydrogen (secondary N) is 1. The van der Waals surface area contributed by atoms with Crippen molar-refractivity contribution in [1.29, 1.82) is 0 Å². The monoisotopic (exact) mass is 263 g/mol. The first-order chi connectivity index (χ1) is 7.54. The number of rotatable bonds is 3. The van der Waals surface area contributed by atoms with Gasteiger partial charge in [0.1, 0.15) is 0 Å². The normalized spacial score (nSPS) is 10.5. The molecule has 0 spiro atoms. The van der Waals surface area contributed by atoms with Crippen LogP contribution in [0, 0.1) is 5.82 Å². The van der Waals surface area contributed by atoms with Gasteiger partial charge in [0.2, 0.25) is 0 Å². The van der Waals surface area contributed by atoms with Gasteiger partial charge in [0.05, 0.1) is 17.2 Å². The number of methoxy groups -OCH3 is 1. The lowest BCUT2D eigenvalue weighted by atomic mass is 10.3. The Morgan fingerprint density at radius 3 is 2.50 bits per heavy atom. The number of anilines is 1. The Kier molecular flexibility index (Phi) is 4.58. The summed E-state index contributed by atoms with van der Waals surface area (Å²) in [5, 5.41) is 2.51. The second kappa shape index (κ2) is 5.72. The molecule has 0 aliphatic rings. The zero-order valence-electron chi connectivity index (χ0n) is 8.26. The van der Waals surface area contributed by atoms with Crippen LogP contribution in [0.15, 0.2) is 24.4 Å². The number of carbonyl (C=O) groups is 1. The van der Waals surface area contributed by atoms with Crippen molar-refractivity contribution in [3.05, 3.63) is 40.3 Å². The minimum absolute atomic E-state index is 0.0959. The number of carbonyl (C=O) groups excluding carboxylic acids is 1. The summed E-state index contributed by atoms with van der Waals surface area (Å²) in [6, 6.07) is 2.70. The summed E-state index contributed by atoms with van der Waals surface area (Å²) >= 11 is 11.1. The van der Waals surface area contributed by atoms with Crippen molar-refractivity contribution < 1.29 is 13.9 Å². The smallest absolute Gasteiger partial charge is 0.331 e. The van der Waals surface area contributed by atoms with E-state index in [-0.39, 0.29) is 10.0 Å². The fourth-order valence-corrected chi connectivity index (χ4v) is 1.40. The number of esters is 1. The highest BCUT2D eigenvalue weighted by Gasteiger charge is 2.06. The SMILES string of the molecule is COC(=O)/C=C/Nc1cc(Cl)c(F)c(Cl)c1. The van der Waals surface area contributed by atoms with Crippen LogP contribution in [0.2, 0.25) is 10.0 Å². The maximum atomic E-state index is 13.0. The molecule has 0 amide bonds. The fraction of sp³-hybridized carbons (Fsp3) is 0.100. The minimum Gasteiger partial charge on any atom is -0.466 e. The van der Waals surface area contributed by atoms with E-state index in [2.05, 4.69) is 10.1 Å². The van der Waals surface area contributed by atoms with E-state index in [4.69, 9.17) is 23.2 Å². The third kappa shape index (κ3) is 3.40. The summed E-state index contributed by atoms with van der Waals surface area (Å²) in [6.07, 6.45) is 2.51. The lowest BCUT2D eigenvalue weighted by Crippen LogP contribution is -1.96. The van der Waals surface area contributed by atoms with E-state index in [1.165, 1.54) is 31.5 Å². The van der Waals surface area contributed by atoms with E-state index < -0.39 is 11.8 Å². The van der Waals surface area contributed by atoms with Gasteiger partial charge in [0, 0.05) is 18.0 Å². The van der Waals surface area contributed by atoms with Crippen LogP contribution < -0.4 is 5.32 Å². The van der Waals surface area contributed by atoms with Crippen LogP contribution in [0.5, 0.6) is 0 Å². The number of hydrogen-bond acceptors (Lipinski definition) is 3. The molecular formula is C10H8Cl2FNO2. The summed E-state index contributed by atoms with van der Waals surface area (Å²) in [5.41, 5.74) is 0.469. The van der Waals surface area contributed by atoms with Crippen LogP contribution in [0.25, 0.3) is 0 Å². The van der Waals surface area contributed by atoms with Crippen molar-refractivity contribution in [2.75, 3.05) is 12.4 Å². The van der Waals surface area contributed by atoms with Gasteiger partial charge >= 0.3 is 5.97 Å². The molecule has 1 aromatic rings. The molecule has 0 aliphatic carbocycles. The number of ether oxygens (including phenoxy) is 1. The van der Waals surface area contributed by atoms with Crippen molar-refractivity contribution >= 4 is 34.9 Å². The summed E-state index contributed by atoms with van der Waals surface area (Å²) in [4.78, 5) is 10.7. The molecule has 3 nitrogen and oxygen atoms in total. The molecule has 0 atom stereocenters. The third-order valence-corrected chi connectivity index (χ3v) is 2.20. The molecule has 0 fully saturated rings. The molecule has 1 aromatic carbocycles. The van der Waals surface area contributed by atoms with E-state index in [0.29, 0.717) is 5.69 Å². The summed E-state index contributed by atoms with van der Waals surface area (Å²) in [5.74, 6) is -1.18. The van der Waals surface area contributed by atoms with Crippen molar-refractivity contribution in [3.63, 3.8) is 0 Å². The quantitative estimate of drug-likeness (QED) is 0.517. The Labute approximate surface area is 102 Å². The topological polar surface area (TPSA) is 38.3 Å². The van der Waals surface area contributed by atoms with E-state index in [1.54, 1.807) is 0 Å². The van der Waals surface area contributed by atoms with Gasteiger partial charge in [-0.25, -0.2) is 9.18 Å². The van der Waals surface area contributed by atoms with Gasteiger partial charge in [-0.1, -0.05) is 23.2 Å². The first-order valence-electron chi connectivity index (χ1n) is 4.20. The highest BCUT2D eigenvalue weighted by atomic mass is 35.5. The standard InChI is InChI=1S/C10H8Cl2FNO2/c1-16-9(15)2-3-14-6-4-7(11)10(13)8(12)5-6/h2-5,14H,1H3/b3-2+.